The SMILES string of the molecule is Cc1nc(C(=O)N2CCc3cc(C(=O)O)ccc32)n[nH]1. The quantitative estimate of drug-likeness (QED) is 0.850. The number of aromatic nitrogens is 3. The Morgan fingerprint density at radius 3 is 2.85 bits per heavy atom. The molecular weight excluding hydrogens is 260 g/mol. The number of aromatic amines is 1. The number of carboxylic acids is 1. The molecule has 3 rings (SSSR count). The lowest BCUT2D eigenvalue weighted by atomic mass is 10.1. The maximum atomic E-state index is 12.3. The Bertz CT molecular complexity index is 707. The maximum Gasteiger partial charge on any atom is 0.335 e. The molecule has 1 aliphatic rings. The van der Waals surface area contributed by atoms with Gasteiger partial charge in [-0.3, -0.25) is 9.89 Å². The minimum atomic E-state index is -0.970. The van der Waals surface area contributed by atoms with Crippen molar-refractivity contribution in [3.8, 4) is 0 Å². The number of nitrogens with zero attached hydrogens (tertiary/aromatic N) is 3. The number of carbonyl (C=O) groups excluding carboxylic acids is 1. The molecule has 0 radical (unpaired) electrons. The smallest absolute Gasteiger partial charge is 0.335 e. The van der Waals surface area contributed by atoms with Crippen molar-refractivity contribution in [3.05, 3.63) is 41.0 Å². The van der Waals surface area contributed by atoms with E-state index in [1.165, 1.54) is 6.07 Å². The van der Waals surface area contributed by atoms with Crippen molar-refractivity contribution in [3.63, 3.8) is 0 Å². The number of H-pyrrole nitrogens is 1. The highest BCUT2D eigenvalue weighted by molar-refractivity contribution is 6.05. The van der Waals surface area contributed by atoms with Crippen LogP contribution in [0.2, 0.25) is 0 Å². The van der Waals surface area contributed by atoms with Crippen molar-refractivity contribution in [1.29, 1.82) is 0 Å². The summed E-state index contributed by atoms with van der Waals surface area (Å²) in [6, 6.07) is 4.76. The standard InChI is InChI=1S/C13H12N4O3/c1-7-14-11(16-15-7)12(18)17-5-4-8-6-9(13(19)20)2-3-10(8)17/h2-3,6H,4-5H2,1H3,(H,19,20)(H,14,15,16). The number of hydrogen-bond acceptors (Lipinski definition) is 4. The second-order valence-electron chi connectivity index (χ2n) is 4.60. The first-order valence-electron chi connectivity index (χ1n) is 6.13. The van der Waals surface area contributed by atoms with Gasteiger partial charge in [-0.1, -0.05) is 0 Å². The van der Waals surface area contributed by atoms with E-state index in [2.05, 4.69) is 15.2 Å². The van der Waals surface area contributed by atoms with E-state index in [0.717, 1.165) is 11.3 Å². The number of rotatable bonds is 2. The van der Waals surface area contributed by atoms with Crippen LogP contribution in [-0.2, 0) is 6.42 Å². The van der Waals surface area contributed by atoms with Gasteiger partial charge < -0.3 is 10.0 Å². The van der Waals surface area contributed by atoms with E-state index in [4.69, 9.17) is 5.11 Å². The van der Waals surface area contributed by atoms with Gasteiger partial charge in [-0.05, 0) is 37.1 Å². The summed E-state index contributed by atoms with van der Waals surface area (Å²) in [7, 11) is 0. The monoisotopic (exact) mass is 272 g/mol. The molecule has 1 aromatic carbocycles. The zero-order valence-electron chi connectivity index (χ0n) is 10.8. The predicted octanol–water partition coefficient (Wildman–Crippen LogP) is 1.01. The van der Waals surface area contributed by atoms with Crippen LogP contribution in [0.5, 0.6) is 0 Å². The largest absolute Gasteiger partial charge is 0.478 e. The second-order valence-corrected chi connectivity index (χ2v) is 4.60. The van der Waals surface area contributed by atoms with E-state index in [1.807, 2.05) is 0 Å². The van der Waals surface area contributed by atoms with Gasteiger partial charge in [0.2, 0.25) is 5.82 Å². The summed E-state index contributed by atoms with van der Waals surface area (Å²) < 4.78 is 0. The minimum absolute atomic E-state index is 0.123. The molecule has 2 N–H and O–H groups in total. The topological polar surface area (TPSA) is 99.2 Å². The summed E-state index contributed by atoms with van der Waals surface area (Å²) in [6.45, 7) is 2.23. The number of nitrogens with one attached hydrogen (secondary N) is 1. The molecular formula is C13H12N4O3. The van der Waals surface area contributed by atoms with Gasteiger partial charge >= 0.3 is 5.97 Å². The van der Waals surface area contributed by atoms with Gasteiger partial charge in [0.25, 0.3) is 5.91 Å². The second kappa shape index (κ2) is 4.44. The zero-order valence-corrected chi connectivity index (χ0v) is 10.8. The molecule has 0 unspecified atom stereocenters. The summed E-state index contributed by atoms with van der Waals surface area (Å²) in [5.74, 6) is -0.551. The van der Waals surface area contributed by atoms with Crippen molar-refractivity contribution < 1.29 is 14.7 Å². The van der Waals surface area contributed by atoms with Crippen LogP contribution in [-0.4, -0.2) is 38.7 Å². The number of aromatic carboxylic acids is 1. The van der Waals surface area contributed by atoms with Crippen LogP contribution >= 0.6 is 0 Å². The molecule has 0 atom stereocenters. The fourth-order valence-corrected chi connectivity index (χ4v) is 2.30. The normalized spacial score (nSPS) is 13.3. The number of carboxylic acid groups (broad SMARTS) is 1. The number of amides is 1. The van der Waals surface area contributed by atoms with E-state index < -0.39 is 5.97 Å². The van der Waals surface area contributed by atoms with Gasteiger partial charge in [0, 0.05) is 12.2 Å². The number of fused-ring (bicyclic) bond motifs is 1. The predicted molar refractivity (Wildman–Crippen MR) is 69.9 cm³/mol. The summed E-state index contributed by atoms with van der Waals surface area (Å²) in [4.78, 5) is 28.8. The van der Waals surface area contributed by atoms with Crippen LogP contribution in [0, 0.1) is 6.92 Å². The average Bonchev–Trinajstić information content (AvgIpc) is 3.03. The van der Waals surface area contributed by atoms with Crippen molar-refractivity contribution in [1.82, 2.24) is 15.2 Å². The van der Waals surface area contributed by atoms with Crippen LogP contribution in [0.4, 0.5) is 5.69 Å². The number of carbonyl (C=O) groups is 2. The highest BCUT2D eigenvalue weighted by Crippen LogP contribution is 2.29. The summed E-state index contributed by atoms with van der Waals surface area (Å²) in [6.07, 6.45) is 0.631. The zero-order chi connectivity index (χ0) is 14.3. The van der Waals surface area contributed by atoms with E-state index in [0.29, 0.717) is 18.8 Å². The summed E-state index contributed by atoms with van der Waals surface area (Å²) in [5, 5.41) is 15.5. The number of aryl methyl sites for hydroxylation is 1. The van der Waals surface area contributed by atoms with Crippen molar-refractivity contribution in [2.24, 2.45) is 0 Å². The molecule has 7 nitrogen and oxygen atoms in total. The summed E-state index contributed by atoms with van der Waals surface area (Å²) in [5.41, 5.74) is 1.81. The number of anilines is 1. The van der Waals surface area contributed by atoms with Gasteiger partial charge in [-0.15, -0.1) is 5.10 Å². The molecule has 2 heterocycles. The Hall–Kier alpha value is -2.70. The van der Waals surface area contributed by atoms with Gasteiger partial charge in [-0.25, -0.2) is 9.78 Å². The Morgan fingerprint density at radius 2 is 2.20 bits per heavy atom. The van der Waals surface area contributed by atoms with E-state index >= 15 is 0 Å². The maximum absolute atomic E-state index is 12.3. The van der Waals surface area contributed by atoms with Crippen LogP contribution < -0.4 is 4.90 Å². The van der Waals surface area contributed by atoms with E-state index in [1.54, 1.807) is 24.0 Å². The molecule has 0 spiro atoms. The lowest BCUT2D eigenvalue weighted by molar-refractivity contribution is 0.0696. The third-order valence-electron chi connectivity index (χ3n) is 3.26. The molecule has 0 saturated heterocycles. The van der Waals surface area contributed by atoms with Crippen LogP contribution in [0.3, 0.4) is 0 Å². The molecule has 1 aliphatic heterocycles. The lowest BCUT2D eigenvalue weighted by Crippen LogP contribution is -2.29. The molecule has 1 amide bonds. The first kappa shape index (κ1) is 12.3. The Labute approximate surface area is 114 Å². The third kappa shape index (κ3) is 1.93. The Kier molecular flexibility index (Phi) is 2.74. The molecule has 1 aromatic heterocycles. The van der Waals surface area contributed by atoms with Gasteiger partial charge in [0.15, 0.2) is 0 Å². The first-order chi connectivity index (χ1) is 9.56. The van der Waals surface area contributed by atoms with Gasteiger partial charge in [0.1, 0.15) is 5.82 Å². The van der Waals surface area contributed by atoms with Gasteiger partial charge in [0.05, 0.1) is 5.56 Å². The molecule has 20 heavy (non-hydrogen) atoms. The van der Waals surface area contributed by atoms with Crippen molar-refractivity contribution in [2.45, 2.75) is 13.3 Å². The molecule has 0 aliphatic carbocycles. The highest BCUT2D eigenvalue weighted by Gasteiger charge is 2.28. The van der Waals surface area contributed by atoms with Crippen molar-refractivity contribution in [2.75, 3.05) is 11.4 Å². The highest BCUT2D eigenvalue weighted by atomic mass is 16.4. The number of hydrogen-bond donors (Lipinski definition) is 2. The molecule has 0 fully saturated rings. The number of benzene rings is 1. The Morgan fingerprint density at radius 1 is 1.40 bits per heavy atom. The average molecular weight is 272 g/mol. The Balaban J connectivity index is 1.93. The molecule has 102 valence electrons. The minimum Gasteiger partial charge on any atom is -0.478 e. The van der Waals surface area contributed by atoms with Crippen LogP contribution in [0.25, 0.3) is 0 Å². The summed E-state index contributed by atoms with van der Waals surface area (Å²) >= 11 is 0. The van der Waals surface area contributed by atoms with Gasteiger partial charge in [-0.2, -0.15) is 0 Å². The van der Waals surface area contributed by atoms with E-state index in [9.17, 15) is 9.59 Å². The molecule has 7 heteroatoms. The molecule has 2 aromatic rings. The van der Waals surface area contributed by atoms with Crippen LogP contribution in [0.15, 0.2) is 18.2 Å². The fraction of sp³-hybridized carbons (Fsp3) is 0.231. The fourth-order valence-electron chi connectivity index (χ4n) is 2.30. The third-order valence-corrected chi connectivity index (χ3v) is 3.26. The molecule has 0 bridgehead atoms. The van der Waals surface area contributed by atoms with Crippen LogP contribution in [0.1, 0.15) is 32.4 Å². The first-order valence-corrected chi connectivity index (χ1v) is 6.13. The molecule has 0 saturated carbocycles. The van der Waals surface area contributed by atoms with E-state index in [-0.39, 0.29) is 17.3 Å². The lowest BCUT2D eigenvalue weighted by Gasteiger charge is -2.15. The van der Waals surface area contributed by atoms with Crippen molar-refractivity contribution >= 4 is 17.6 Å².